The average molecular weight is 523 g/mol. The molecule has 0 aliphatic heterocycles. The first-order chi connectivity index (χ1) is 16.2. The number of ketones is 1. The number of rotatable bonds is 7. The fourth-order valence-corrected chi connectivity index (χ4v) is 4.68. The second kappa shape index (κ2) is 9.47. The van der Waals surface area contributed by atoms with Gasteiger partial charge in [0.2, 0.25) is 5.91 Å². The zero-order valence-electron chi connectivity index (χ0n) is 17.8. The molecule has 0 atom stereocenters. The first-order valence-corrected chi connectivity index (χ1v) is 12.4. The number of carbonyl (C=O) groups excluding carboxylic acids is 2. The lowest BCUT2D eigenvalue weighted by Gasteiger charge is -2.14. The van der Waals surface area contributed by atoms with Gasteiger partial charge in [-0.1, -0.05) is 0 Å². The molecule has 3 aromatic carbocycles. The van der Waals surface area contributed by atoms with Crippen molar-refractivity contribution in [1.29, 1.82) is 0 Å². The molecule has 0 bridgehead atoms. The zero-order chi connectivity index (χ0) is 26.1. The maximum absolute atomic E-state index is 12.1. The predicted octanol–water partition coefficient (Wildman–Crippen LogP) is 2.55. The minimum Gasteiger partial charge on any atom is -0.505 e. The summed E-state index contributed by atoms with van der Waals surface area (Å²) in [5.74, 6) is -1.91. The predicted molar refractivity (Wildman–Crippen MR) is 124 cm³/mol. The Hall–Kier alpha value is -3.76. The van der Waals surface area contributed by atoms with Crippen LogP contribution < -0.4 is 11.1 Å². The fourth-order valence-electron chi connectivity index (χ4n) is 3.19. The van der Waals surface area contributed by atoms with Crippen molar-refractivity contribution < 1.29 is 40.6 Å². The van der Waals surface area contributed by atoms with Gasteiger partial charge in [0.05, 0.1) is 17.9 Å². The number of amides is 1. The van der Waals surface area contributed by atoms with E-state index in [4.69, 9.17) is 5.73 Å². The fraction of sp³-hybridized carbons (Fsp3) is 0.100. The Morgan fingerprint density at radius 3 is 2.09 bits per heavy atom. The van der Waals surface area contributed by atoms with Crippen molar-refractivity contribution in [3.05, 3.63) is 48.0 Å². The van der Waals surface area contributed by atoms with Crippen LogP contribution in [0, 0.1) is 0 Å². The minimum absolute atomic E-state index is 0.138. The third-order valence-corrected chi connectivity index (χ3v) is 6.49. The van der Waals surface area contributed by atoms with E-state index in [0.29, 0.717) is 11.6 Å². The van der Waals surface area contributed by atoms with Crippen LogP contribution in [0.4, 0.5) is 17.1 Å². The van der Waals surface area contributed by atoms with Crippen LogP contribution in [0.3, 0.4) is 0 Å². The van der Waals surface area contributed by atoms with E-state index in [-0.39, 0.29) is 23.4 Å². The molecule has 13 nitrogen and oxygen atoms in total. The number of aromatic hydroxyl groups is 1. The lowest BCUT2D eigenvalue weighted by molar-refractivity contribution is -0.114. The molecule has 0 fully saturated rings. The number of benzene rings is 3. The number of carbonyl (C=O) groups is 2. The second-order valence-electron chi connectivity index (χ2n) is 7.11. The molecule has 0 saturated heterocycles. The highest BCUT2D eigenvalue weighted by Crippen LogP contribution is 2.44. The normalized spacial score (nSPS) is 12.2. The number of phenols is 1. The summed E-state index contributed by atoms with van der Waals surface area (Å²) in [6.07, 6.45) is 0. The SMILES string of the molecule is CC(=O)Nc1ccc2c(O)c(N=Nc3ccc(C(=O)CN)cc3)c(S(=O)(=O)O)cc2c1S(=O)(=O)O. The summed E-state index contributed by atoms with van der Waals surface area (Å²) < 4.78 is 67.6. The Balaban J connectivity index is 2.28. The molecule has 0 saturated carbocycles. The molecular formula is C20H18N4O9S2. The van der Waals surface area contributed by atoms with Crippen LogP contribution in [0.25, 0.3) is 10.8 Å². The van der Waals surface area contributed by atoms with E-state index in [2.05, 4.69) is 15.5 Å². The second-order valence-corrected chi connectivity index (χ2v) is 9.86. The third-order valence-electron chi connectivity index (χ3n) is 4.67. The van der Waals surface area contributed by atoms with Crippen molar-refractivity contribution in [1.82, 2.24) is 0 Å². The van der Waals surface area contributed by atoms with Crippen LogP contribution in [0.1, 0.15) is 17.3 Å². The average Bonchev–Trinajstić information content (AvgIpc) is 2.76. The quantitative estimate of drug-likeness (QED) is 0.173. The van der Waals surface area contributed by atoms with E-state index in [1.165, 1.54) is 24.3 Å². The number of fused-ring (bicyclic) bond motifs is 1. The largest absolute Gasteiger partial charge is 0.505 e. The van der Waals surface area contributed by atoms with E-state index < -0.39 is 58.4 Å². The monoisotopic (exact) mass is 522 g/mol. The number of nitrogens with zero attached hydrogens (tertiary/aromatic N) is 2. The van der Waals surface area contributed by atoms with Crippen LogP contribution in [0.5, 0.6) is 5.75 Å². The molecule has 15 heteroatoms. The summed E-state index contributed by atoms with van der Waals surface area (Å²) >= 11 is 0. The van der Waals surface area contributed by atoms with Crippen LogP contribution in [0.15, 0.2) is 62.5 Å². The highest BCUT2D eigenvalue weighted by atomic mass is 32.2. The van der Waals surface area contributed by atoms with Crippen LogP contribution >= 0.6 is 0 Å². The van der Waals surface area contributed by atoms with Crippen molar-refractivity contribution in [2.45, 2.75) is 16.7 Å². The van der Waals surface area contributed by atoms with Gasteiger partial charge in [0.1, 0.15) is 15.5 Å². The number of hydrogen-bond donors (Lipinski definition) is 5. The van der Waals surface area contributed by atoms with Gasteiger partial charge in [-0.25, -0.2) is 0 Å². The number of phenolic OH excluding ortho intramolecular Hbond substituents is 1. The molecule has 3 aromatic rings. The van der Waals surface area contributed by atoms with Crippen LogP contribution in [0.2, 0.25) is 0 Å². The lowest BCUT2D eigenvalue weighted by Crippen LogP contribution is -2.13. The first kappa shape index (κ1) is 25.9. The number of hydrogen-bond acceptors (Lipinski definition) is 10. The molecule has 0 aliphatic rings. The lowest BCUT2D eigenvalue weighted by atomic mass is 10.1. The molecule has 0 unspecified atom stereocenters. The van der Waals surface area contributed by atoms with Crippen molar-refractivity contribution in [3.8, 4) is 5.75 Å². The Kier molecular flexibility index (Phi) is 7.00. The molecule has 0 spiro atoms. The standard InChI is InChI=1S/C20H18N4O9S2/c1-10(25)22-15-7-6-13-14(20(15)35(31,32)33)8-17(34(28,29)30)18(19(13)27)24-23-12-4-2-11(3-5-12)16(26)9-21/h2-8,27H,9,21H2,1H3,(H,22,25)(H,28,29,30)(H,31,32,33). The summed E-state index contributed by atoms with van der Waals surface area (Å²) in [5.41, 5.74) is 4.61. The van der Waals surface area contributed by atoms with Gasteiger partial charge in [0, 0.05) is 23.3 Å². The maximum atomic E-state index is 12.1. The van der Waals surface area contributed by atoms with E-state index in [0.717, 1.165) is 19.1 Å². The van der Waals surface area contributed by atoms with Crippen molar-refractivity contribution in [2.75, 3.05) is 11.9 Å². The van der Waals surface area contributed by atoms with Gasteiger partial charge in [-0.15, -0.1) is 5.11 Å². The Bertz CT molecular complexity index is 1600. The van der Waals surface area contributed by atoms with Gasteiger partial charge in [0.25, 0.3) is 20.2 Å². The van der Waals surface area contributed by atoms with Crippen molar-refractivity contribution in [2.24, 2.45) is 16.0 Å². The third kappa shape index (κ3) is 5.50. The van der Waals surface area contributed by atoms with Crippen LogP contribution in [-0.2, 0) is 25.0 Å². The molecular weight excluding hydrogens is 504 g/mol. The van der Waals surface area contributed by atoms with Crippen LogP contribution in [-0.4, -0.2) is 49.3 Å². The maximum Gasteiger partial charge on any atom is 0.297 e. The van der Waals surface area contributed by atoms with Gasteiger partial charge < -0.3 is 16.2 Å². The van der Waals surface area contributed by atoms with Crippen molar-refractivity contribution in [3.63, 3.8) is 0 Å². The Morgan fingerprint density at radius 2 is 1.57 bits per heavy atom. The highest BCUT2D eigenvalue weighted by Gasteiger charge is 2.27. The molecule has 3 rings (SSSR count). The summed E-state index contributed by atoms with van der Waals surface area (Å²) in [6.45, 7) is 0.861. The summed E-state index contributed by atoms with van der Waals surface area (Å²) in [4.78, 5) is 21.1. The summed E-state index contributed by atoms with van der Waals surface area (Å²) in [5, 5.41) is 19.6. The van der Waals surface area contributed by atoms with E-state index in [9.17, 15) is 40.6 Å². The van der Waals surface area contributed by atoms with E-state index in [1.54, 1.807) is 0 Å². The molecule has 1 amide bonds. The number of nitrogens with two attached hydrogens (primary N) is 1. The summed E-state index contributed by atoms with van der Waals surface area (Å²) in [7, 11) is -10.2. The van der Waals surface area contributed by atoms with Gasteiger partial charge in [0.15, 0.2) is 11.5 Å². The van der Waals surface area contributed by atoms with Gasteiger partial charge in [-0.3, -0.25) is 18.7 Å². The molecule has 0 aromatic heterocycles. The van der Waals surface area contributed by atoms with Gasteiger partial charge in [-0.05, 0) is 42.5 Å². The Morgan fingerprint density at radius 1 is 0.943 bits per heavy atom. The zero-order valence-corrected chi connectivity index (χ0v) is 19.5. The molecule has 0 aliphatic carbocycles. The van der Waals surface area contributed by atoms with E-state index in [1.807, 2.05) is 0 Å². The molecule has 0 heterocycles. The number of anilines is 1. The minimum atomic E-state index is -5.11. The van der Waals surface area contributed by atoms with E-state index >= 15 is 0 Å². The number of azo groups is 1. The van der Waals surface area contributed by atoms with Crippen molar-refractivity contribution >= 4 is 59.8 Å². The van der Waals surface area contributed by atoms with Gasteiger partial charge in [-0.2, -0.15) is 21.9 Å². The number of nitrogens with one attached hydrogen (secondary N) is 1. The molecule has 35 heavy (non-hydrogen) atoms. The molecule has 6 N–H and O–H groups in total. The first-order valence-electron chi connectivity index (χ1n) is 9.54. The molecule has 0 radical (unpaired) electrons. The Labute approximate surface area is 198 Å². The smallest absolute Gasteiger partial charge is 0.297 e. The van der Waals surface area contributed by atoms with Gasteiger partial charge >= 0.3 is 0 Å². The number of Topliss-reactive ketones (excluding diaryl/α,β-unsaturated/α-hetero) is 1. The molecule has 184 valence electrons. The highest BCUT2D eigenvalue weighted by molar-refractivity contribution is 7.86. The topological polar surface area (TPSA) is 226 Å². The summed E-state index contributed by atoms with van der Waals surface area (Å²) in [6, 6.07) is 8.40.